The van der Waals surface area contributed by atoms with Crippen LogP contribution < -0.4 is 10.2 Å². The second kappa shape index (κ2) is 9.81. The molecule has 2 aliphatic heterocycles. The summed E-state index contributed by atoms with van der Waals surface area (Å²) in [5.74, 6) is 1.75. The molecule has 2 aliphatic rings. The molecule has 0 aliphatic carbocycles. The summed E-state index contributed by atoms with van der Waals surface area (Å²) in [6, 6.07) is 18.0. The summed E-state index contributed by atoms with van der Waals surface area (Å²) in [4.78, 5) is 29.8. The van der Waals surface area contributed by atoms with Gasteiger partial charge < -0.3 is 20.0 Å². The summed E-state index contributed by atoms with van der Waals surface area (Å²) in [5, 5.41) is 3.06. The van der Waals surface area contributed by atoms with Gasteiger partial charge in [0.15, 0.2) is 5.82 Å². The molecule has 3 aromatic rings. The van der Waals surface area contributed by atoms with Crippen molar-refractivity contribution in [1.82, 2.24) is 19.8 Å². The molecule has 176 valence electrons. The molecule has 7 heteroatoms. The van der Waals surface area contributed by atoms with Crippen molar-refractivity contribution < 1.29 is 4.79 Å². The number of rotatable bonds is 4. The zero-order chi connectivity index (χ0) is 23.5. The van der Waals surface area contributed by atoms with Crippen molar-refractivity contribution in [1.29, 1.82) is 0 Å². The maximum atomic E-state index is 13.1. The molecule has 5 rings (SSSR count). The largest absolute Gasteiger partial charge is 0.354 e. The summed E-state index contributed by atoms with van der Waals surface area (Å²) < 4.78 is 0. The number of urea groups is 1. The minimum atomic E-state index is -0.0786. The van der Waals surface area contributed by atoms with Gasteiger partial charge in [-0.3, -0.25) is 0 Å². The lowest BCUT2D eigenvalue weighted by molar-refractivity contribution is 0.205. The number of nitrogens with one attached hydrogen (secondary N) is 1. The van der Waals surface area contributed by atoms with E-state index >= 15 is 0 Å². The van der Waals surface area contributed by atoms with Crippen LogP contribution in [0.25, 0.3) is 11.4 Å². The van der Waals surface area contributed by atoms with E-state index in [1.54, 1.807) is 0 Å². The van der Waals surface area contributed by atoms with Crippen molar-refractivity contribution >= 4 is 17.5 Å². The van der Waals surface area contributed by atoms with Crippen LogP contribution in [-0.2, 0) is 13.0 Å². The first-order valence-corrected chi connectivity index (χ1v) is 12.2. The number of nitrogens with zero attached hydrogens (tertiary/aromatic N) is 5. The fraction of sp³-hybridized carbons (Fsp3) is 0.370. The van der Waals surface area contributed by atoms with E-state index in [0.29, 0.717) is 13.1 Å². The lowest BCUT2D eigenvalue weighted by Gasteiger charge is -2.37. The van der Waals surface area contributed by atoms with Crippen molar-refractivity contribution in [3.05, 3.63) is 71.4 Å². The Morgan fingerprint density at radius 3 is 2.50 bits per heavy atom. The fourth-order valence-corrected chi connectivity index (χ4v) is 4.75. The normalized spacial score (nSPS) is 16.3. The van der Waals surface area contributed by atoms with Crippen LogP contribution in [0, 0.1) is 6.92 Å². The third-order valence-electron chi connectivity index (χ3n) is 6.75. The Morgan fingerprint density at radius 1 is 0.971 bits per heavy atom. The highest BCUT2D eigenvalue weighted by atomic mass is 16.2. The summed E-state index contributed by atoms with van der Waals surface area (Å²) in [6.45, 7) is 10.4. The Bertz CT molecular complexity index is 1160. The molecule has 0 radical (unpaired) electrons. The molecule has 34 heavy (non-hydrogen) atoms. The first-order chi connectivity index (χ1) is 16.6. The van der Waals surface area contributed by atoms with E-state index in [4.69, 9.17) is 9.97 Å². The monoisotopic (exact) mass is 456 g/mol. The summed E-state index contributed by atoms with van der Waals surface area (Å²) in [5.41, 5.74) is 5.11. The van der Waals surface area contributed by atoms with Gasteiger partial charge in [0.25, 0.3) is 0 Å². The number of hydrogen-bond acceptors (Lipinski definition) is 5. The molecule has 0 bridgehead atoms. The van der Waals surface area contributed by atoms with Crippen molar-refractivity contribution in [2.24, 2.45) is 0 Å². The Kier molecular flexibility index (Phi) is 6.45. The number of amides is 2. The van der Waals surface area contributed by atoms with E-state index in [9.17, 15) is 4.79 Å². The van der Waals surface area contributed by atoms with E-state index in [0.717, 1.165) is 78.9 Å². The molecule has 0 saturated carbocycles. The van der Waals surface area contributed by atoms with Gasteiger partial charge in [0.2, 0.25) is 0 Å². The van der Waals surface area contributed by atoms with Crippen LogP contribution in [0.2, 0.25) is 0 Å². The lowest BCUT2D eigenvalue weighted by Crippen LogP contribution is -2.47. The third-order valence-corrected chi connectivity index (χ3v) is 6.75. The Morgan fingerprint density at radius 2 is 1.76 bits per heavy atom. The molecular formula is C27H32N6O. The van der Waals surface area contributed by atoms with Crippen LogP contribution in [-0.4, -0.2) is 65.1 Å². The minimum Gasteiger partial charge on any atom is -0.354 e. The number of hydrogen-bond donors (Lipinski definition) is 1. The van der Waals surface area contributed by atoms with Gasteiger partial charge in [-0.1, -0.05) is 49.4 Å². The van der Waals surface area contributed by atoms with E-state index in [1.165, 1.54) is 0 Å². The fourth-order valence-electron chi connectivity index (χ4n) is 4.75. The van der Waals surface area contributed by atoms with Gasteiger partial charge in [0, 0.05) is 56.0 Å². The van der Waals surface area contributed by atoms with Crippen LogP contribution in [0.3, 0.4) is 0 Å². The highest BCUT2D eigenvalue weighted by Crippen LogP contribution is 2.30. The molecule has 0 spiro atoms. The summed E-state index contributed by atoms with van der Waals surface area (Å²) in [6.07, 6.45) is 0.723. The molecule has 1 saturated heterocycles. The van der Waals surface area contributed by atoms with Crippen molar-refractivity contribution in [2.45, 2.75) is 26.8 Å². The average Bonchev–Trinajstić information content (AvgIpc) is 2.88. The van der Waals surface area contributed by atoms with E-state index in [2.05, 4.69) is 34.2 Å². The van der Waals surface area contributed by atoms with Crippen molar-refractivity contribution in [2.75, 3.05) is 49.5 Å². The van der Waals surface area contributed by atoms with Crippen LogP contribution in [0.4, 0.5) is 16.3 Å². The molecular weight excluding hydrogens is 424 g/mol. The molecule has 7 nitrogen and oxygen atoms in total. The SMILES string of the molecule is CCN1CCN(c2nc(-c3ccccc3)nc3c2CN(C(=O)Nc2cccc(C)c2)CC3)CC1. The molecule has 2 aromatic carbocycles. The highest BCUT2D eigenvalue weighted by molar-refractivity contribution is 5.89. The zero-order valence-corrected chi connectivity index (χ0v) is 20.0. The maximum Gasteiger partial charge on any atom is 0.322 e. The quantitative estimate of drug-likeness (QED) is 0.638. The Balaban J connectivity index is 1.44. The van der Waals surface area contributed by atoms with Gasteiger partial charge in [-0.15, -0.1) is 0 Å². The number of carbonyl (C=O) groups is 1. The molecule has 1 aromatic heterocycles. The number of likely N-dealkylation sites (N-methyl/N-ethyl adjacent to an activating group) is 1. The number of aryl methyl sites for hydroxylation is 1. The molecule has 1 N–H and O–H groups in total. The topological polar surface area (TPSA) is 64.6 Å². The lowest BCUT2D eigenvalue weighted by atomic mass is 10.0. The summed E-state index contributed by atoms with van der Waals surface area (Å²) >= 11 is 0. The number of fused-ring (bicyclic) bond motifs is 1. The number of anilines is 2. The van der Waals surface area contributed by atoms with Gasteiger partial charge in [0.05, 0.1) is 12.2 Å². The standard InChI is InChI=1S/C27H32N6O/c1-3-31-14-16-32(17-15-31)26-23-19-33(27(34)28-22-11-7-8-20(2)18-22)13-12-24(23)29-25(30-26)21-9-5-4-6-10-21/h4-11,18H,3,12-17,19H2,1-2H3,(H,28,34). The van der Waals surface area contributed by atoms with E-state index in [-0.39, 0.29) is 6.03 Å². The molecule has 2 amide bonds. The average molecular weight is 457 g/mol. The van der Waals surface area contributed by atoms with Crippen molar-refractivity contribution in [3.8, 4) is 11.4 Å². The number of piperazine rings is 1. The van der Waals surface area contributed by atoms with Gasteiger partial charge in [0.1, 0.15) is 5.82 Å². The third kappa shape index (κ3) is 4.75. The second-order valence-electron chi connectivity index (χ2n) is 9.05. The van der Waals surface area contributed by atoms with Crippen LogP contribution in [0.5, 0.6) is 0 Å². The minimum absolute atomic E-state index is 0.0786. The maximum absolute atomic E-state index is 13.1. The van der Waals surface area contributed by atoms with Gasteiger partial charge in [-0.2, -0.15) is 0 Å². The Labute approximate surface area is 201 Å². The number of aromatic nitrogens is 2. The zero-order valence-electron chi connectivity index (χ0n) is 20.0. The van der Waals surface area contributed by atoms with Gasteiger partial charge in [-0.25, -0.2) is 14.8 Å². The molecule has 1 fully saturated rings. The second-order valence-corrected chi connectivity index (χ2v) is 9.05. The van der Waals surface area contributed by atoms with E-state index < -0.39 is 0 Å². The van der Waals surface area contributed by atoms with Gasteiger partial charge in [-0.05, 0) is 31.2 Å². The Hall–Kier alpha value is -3.45. The smallest absolute Gasteiger partial charge is 0.322 e. The number of carbonyl (C=O) groups excluding carboxylic acids is 1. The summed E-state index contributed by atoms with van der Waals surface area (Å²) in [7, 11) is 0. The van der Waals surface area contributed by atoms with Gasteiger partial charge >= 0.3 is 6.03 Å². The highest BCUT2D eigenvalue weighted by Gasteiger charge is 2.29. The molecule has 0 atom stereocenters. The van der Waals surface area contributed by atoms with E-state index in [1.807, 2.05) is 54.3 Å². The molecule has 3 heterocycles. The van der Waals surface area contributed by atoms with Crippen LogP contribution in [0.15, 0.2) is 54.6 Å². The number of benzene rings is 2. The first-order valence-electron chi connectivity index (χ1n) is 12.2. The predicted molar refractivity (Wildman–Crippen MR) is 136 cm³/mol. The van der Waals surface area contributed by atoms with Crippen molar-refractivity contribution in [3.63, 3.8) is 0 Å². The molecule has 0 unspecified atom stereocenters. The van der Waals surface area contributed by atoms with Crippen LogP contribution in [0.1, 0.15) is 23.7 Å². The first kappa shape index (κ1) is 22.3. The van der Waals surface area contributed by atoms with Crippen LogP contribution >= 0.6 is 0 Å². The predicted octanol–water partition coefficient (Wildman–Crippen LogP) is 4.18.